The van der Waals surface area contributed by atoms with Gasteiger partial charge in [0, 0.05) is 18.3 Å². The first-order chi connectivity index (χ1) is 7.15. The topological polar surface area (TPSA) is 86.0 Å². The zero-order chi connectivity index (χ0) is 11.3. The van der Waals surface area contributed by atoms with Crippen molar-refractivity contribution in [1.82, 2.24) is 10.3 Å². The second kappa shape index (κ2) is 5.08. The van der Waals surface area contributed by atoms with Gasteiger partial charge in [0.2, 0.25) is 0 Å². The minimum absolute atomic E-state index is 0.322. The van der Waals surface area contributed by atoms with Gasteiger partial charge in [-0.1, -0.05) is 6.07 Å². The van der Waals surface area contributed by atoms with Crippen molar-refractivity contribution < 1.29 is 9.90 Å². The fraction of sp³-hybridized carbons (Fsp3) is 0.300. The summed E-state index contributed by atoms with van der Waals surface area (Å²) in [6, 6.07) is 4.76. The third kappa shape index (κ3) is 3.04. The Hall–Kier alpha value is -1.93. The SMILES string of the molecule is C[C@@H](NCc1cccnc1C#N)C(=O)O. The zero-order valence-electron chi connectivity index (χ0n) is 8.27. The van der Waals surface area contributed by atoms with Gasteiger partial charge in [-0.15, -0.1) is 0 Å². The van der Waals surface area contributed by atoms with Crippen molar-refractivity contribution in [2.45, 2.75) is 19.5 Å². The van der Waals surface area contributed by atoms with E-state index in [2.05, 4.69) is 10.3 Å². The second-order valence-electron chi connectivity index (χ2n) is 3.06. The third-order valence-electron chi connectivity index (χ3n) is 1.97. The van der Waals surface area contributed by atoms with Gasteiger partial charge in [-0.2, -0.15) is 5.26 Å². The number of rotatable bonds is 4. The lowest BCUT2D eigenvalue weighted by atomic mass is 10.2. The molecule has 0 saturated carbocycles. The Labute approximate surface area is 87.4 Å². The molecule has 0 spiro atoms. The Balaban J connectivity index is 2.66. The summed E-state index contributed by atoms with van der Waals surface area (Å²) in [5.41, 5.74) is 1.02. The van der Waals surface area contributed by atoms with Crippen molar-refractivity contribution in [1.29, 1.82) is 5.26 Å². The van der Waals surface area contributed by atoms with Crippen molar-refractivity contribution in [2.75, 3.05) is 0 Å². The van der Waals surface area contributed by atoms with Crippen LogP contribution in [0.4, 0.5) is 0 Å². The fourth-order valence-electron chi connectivity index (χ4n) is 1.03. The van der Waals surface area contributed by atoms with Crippen LogP contribution in [0.1, 0.15) is 18.2 Å². The Morgan fingerprint density at radius 1 is 1.80 bits per heavy atom. The number of nitrogens with zero attached hydrogens (tertiary/aromatic N) is 2. The van der Waals surface area contributed by atoms with E-state index in [0.29, 0.717) is 17.8 Å². The summed E-state index contributed by atoms with van der Waals surface area (Å²) in [4.78, 5) is 14.4. The highest BCUT2D eigenvalue weighted by Gasteiger charge is 2.10. The van der Waals surface area contributed by atoms with Crippen molar-refractivity contribution >= 4 is 5.97 Å². The molecule has 5 heteroatoms. The molecule has 78 valence electrons. The number of carbonyl (C=O) groups is 1. The first-order valence-electron chi connectivity index (χ1n) is 4.45. The molecule has 0 aliphatic carbocycles. The number of pyridine rings is 1. The Morgan fingerprint density at radius 2 is 2.53 bits per heavy atom. The largest absolute Gasteiger partial charge is 0.480 e. The lowest BCUT2D eigenvalue weighted by Crippen LogP contribution is -2.33. The van der Waals surface area contributed by atoms with Gasteiger partial charge < -0.3 is 10.4 Å². The Kier molecular flexibility index (Phi) is 3.77. The van der Waals surface area contributed by atoms with E-state index in [0.717, 1.165) is 0 Å². The zero-order valence-corrected chi connectivity index (χ0v) is 8.27. The summed E-state index contributed by atoms with van der Waals surface area (Å²) < 4.78 is 0. The quantitative estimate of drug-likeness (QED) is 0.748. The molecule has 0 fully saturated rings. The Morgan fingerprint density at radius 3 is 3.13 bits per heavy atom. The first-order valence-corrected chi connectivity index (χ1v) is 4.45. The molecule has 0 unspecified atom stereocenters. The smallest absolute Gasteiger partial charge is 0.320 e. The summed E-state index contributed by atoms with van der Waals surface area (Å²) in [5.74, 6) is -0.919. The molecular formula is C10H11N3O2. The van der Waals surface area contributed by atoms with Crippen LogP contribution in [0.5, 0.6) is 0 Å². The van der Waals surface area contributed by atoms with Crippen LogP contribution in [0.25, 0.3) is 0 Å². The van der Waals surface area contributed by atoms with E-state index in [1.165, 1.54) is 6.20 Å². The molecule has 0 saturated heterocycles. The molecule has 0 bridgehead atoms. The highest BCUT2D eigenvalue weighted by atomic mass is 16.4. The number of aromatic nitrogens is 1. The molecule has 1 rings (SSSR count). The predicted molar refractivity (Wildman–Crippen MR) is 52.9 cm³/mol. The Bertz CT molecular complexity index is 398. The highest BCUT2D eigenvalue weighted by Crippen LogP contribution is 2.03. The number of hydrogen-bond donors (Lipinski definition) is 2. The van der Waals surface area contributed by atoms with Gasteiger partial charge in [-0.05, 0) is 13.0 Å². The number of carboxylic acids is 1. The van der Waals surface area contributed by atoms with Crippen LogP contribution in [-0.4, -0.2) is 22.1 Å². The van der Waals surface area contributed by atoms with Crippen LogP contribution in [0, 0.1) is 11.3 Å². The van der Waals surface area contributed by atoms with Crippen molar-refractivity contribution in [3.8, 4) is 6.07 Å². The van der Waals surface area contributed by atoms with Gasteiger partial charge in [0.05, 0.1) is 0 Å². The third-order valence-corrected chi connectivity index (χ3v) is 1.97. The summed E-state index contributed by atoms with van der Waals surface area (Å²) >= 11 is 0. The highest BCUT2D eigenvalue weighted by molar-refractivity contribution is 5.72. The van der Waals surface area contributed by atoms with Crippen molar-refractivity contribution in [2.24, 2.45) is 0 Å². The van der Waals surface area contributed by atoms with Gasteiger partial charge in [-0.3, -0.25) is 4.79 Å². The number of aliphatic carboxylic acids is 1. The number of carboxylic acid groups (broad SMARTS) is 1. The van der Waals surface area contributed by atoms with E-state index < -0.39 is 12.0 Å². The molecule has 5 nitrogen and oxygen atoms in total. The summed E-state index contributed by atoms with van der Waals surface area (Å²) in [6.45, 7) is 1.87. The molecule has 1 heterocycles. The van der Waals surface area contributed by atoms with Gasteiger partial charge in [0.25, 0.3) is 0 Å². The molecule has 15 heavy (non-hydrogen) atoms. The lowest BCUT2D eigenvalue weighted by Gasteiger charge is -2.09. The predicted octanol–water partition coefficient (Wildman–Crippen LogP) is 0.516. The monoisotopic (exact) mass is 205 g/mol. The minimum atomic E-state index is -0.919. The number of nitrogens with one attached hydrogen (secondary N) is 1. The summed E-state index contributed by atoms with van der Waals surface area (Å²) in [5, 5.41) is 20.2. The molecule has 0 amide bonds. The molecule has 0 radical (unpaired) electrons. The van der Waals surface area contributed by atoms with E-state index in [1.807, 2.05) is 6.07 Å². The van der Waals surface area contributed by atoms with E-state index in [4.69, 9.17) is 10.4 Å². The first kappa shape index (κ1) is 11.1. The minimum Gasteiger partial charge on any atom is -0.480 e. The van der Waals surface area contributed by atoms with Gasteiger partial charge in [0.1, 0.15) is 17.8 Å². The van der Waals surface area contributed by atoms with Crippen molar-refractivity contribution in [3.63, 3.8) is 0 Å². The summed E-state index contributed by atoms with van der Waals surface area (Å²) in [7, 11) is 0. The maximum atomic E-state index is 10.5. The van der Waals surface area contributed by atoms with Gasteiger partial charge in [-0.25, -0.2) is 4.98 Å². The van der Waals surface area contributed by atoms with Gasteiger partial charge >= 0.3 is 5.97 Å². The fourth-order valence-corrected chi connectivity index (χ4v) is 1.03. The maximum absolute atomic E-state index is 10.5. The summed E-state index contributed by atoms with van der Waals surface area (Å²) in [6.07, 6.45) is 1.53. The molecule has 0 aliphatic heterocycles. The van der Waals surface area contributed by atoms with Gasteiger partial charge in [0.15, 0.2) is 0 Å². The number of hydrogen-bond acceptors (Lipinski definition) is 4. The van der Waals surface area contributed by atoms with Crippen LogP contribution in [0.2, 0.25) is 0 Å². The van der Waals surface area contributed by atoms with Crippen LogP contribution in [0.3, 0.4) is 0 Å². The molecule has 0 aliphatic rings. The average Bonchev–Trinajstić information content (AvgIpc) is 2.26. The van der Waals surface area contributed by atoms with E-state index >= 15 is 0 Å². The van der Waals surface area contributed by atoms with Crippen LogP contribution in [0.15, 0.2) is 18.3 Å². The average molecular weight is 205 g/mol. The maximum Gasteiger partial charge on any atom is 0.320 e. The van der Waals surface area contributed by atoms with Crippen LogP contribution >= 0.6 is 0 Å². The molecular weight excluding hydrogens is 194 g/mol. The van der Waals surface area contributed by atoms with E-state index in [1.54, 1.807) is 19.1 Å². The van der Waals surface area contributed by atoms with Crippen LogP contribution < -0.4 is 5.32 Å². The standard InChI is InChI=1S/C10H11N3O2/c1-7(10(14)15)13-6-8-3-2-4-12-9(8)5-11/h2-4,7,13H,6H2,1H3,(H,14,15)/t7-/m1/s1. The molecule has 2 N–H and O–H groups in total. The molecule has 1 aromatic rings. The molecule has 1 aromatic heterocycles. The molecule has 0 aromatic carbocycles. The van der Waals surface area contributed by atoms with Crippen LogP contribution in [-0.2, 0) is 11.3 Å². The molecule has 1 atom stereocenters. The van der Waals surface area contributed by atoms with E-state index in [9.17, 15) is 4.79 Å². The van der Waals surface area contributed by atoms with Crippen molar-refractivity contribution in [3.05, 3.63) is 29.6 Å². The normalized spacial score (nSPS) is 11.7. The van der Waals surface area contributed by atoms with E-state index in [-0.39, 0.29) is 0 Å². The second-order valence-corrected chi connectivity index (χ2v) is 3.06. The number of nitriles is 1. The lowest BCUT2D eigenvalue weighted by molar-refractivity contribution is -0.139.